The first kappa shape index (κ1) is 17.2. The Bertz CT molecular complexity index is 943. The summed E-state index contributed by atoms with van der Waals surface area (Å²) in [4.78, 5) is 20.3. The number of ether oxygens (including phenoxy) is 1. The van der Waals surface area contributed by atoms with Crippen LogP contribution in [0.2, 0.25) is 0 Å². The number of nitrogens with two attached hydrogens (primary N) is 1. The monoisotopic (exact) mass is 349 g/mol. The zero-order valence-electron chi connectivity index (χ0n) is 14.5. The van der Waals surface area contributed by atoms with Crippen LogP contribution in [0.4, 0.5) is 28.7 Å². The summed E-state index contributed by atoms with van der Waals surface area (Å²) in [6.45, 7) is 2.01. The third-order valence-electron chi connectivity index (χ3n) is 3.75. The largest absolute Gasteiger partial charge is 0.465 e. The van der Waals surface area contributed by atoms with Crippen LogP contribution >= 0.6 is 0 Å². The highest BCUT2D eigenvalue weighted by atomic mass is 16.5. The Kier molecular flexibility index (Phi) is 4.98. The van der Waals surface area contributed by atoms with Crippen molar-refractivity contribution in [1.29, 1.82) is 0 Å². The number of rotatable bonds is 5. The van der Waals surface area contributed by atoms with E-state index in [0.29, 0.717) is 28.6 Å². The maximum absolute atomic E-state index is 11.9. The molecule has 0 aliphatic carbocycles. The molecule has 1 heterocycles. The molecule has 7 heteroatoms. The predicted octanol–water partition coefficient (Wildman–Crippen LogP) is 3.64. The minimum atomic E-state index is -0.446. The quantitative estimate of drug-likeness (QED) is 0.604. The van der Waals surface area contributed by atoms with Crippen LogP contribution in [0.1, 0.15) is 15.9 Å². The van der Waals surface area contributed by atoms with E-state index in [-0.39, 0.29) is 0 Å². The van der Waals surface area contributed by atoms with E-state index >= 15 is 0 Å². The number of hydrogen-bond acceptors (Lipinski definition) is 7. The highest BCUT2D eigenvalue weighted by Gasteiger charge is 2.14. The Balaban J connectivity index is 1.90. The Morgan fingerprint density at radius 2 is 1.77 bits per heavy atom. The molecule has 1 aromatic heterocycles. The molecule has 0 saturated carbocycles. The average molecular weight is 349 g/mol. The van der Waals surface area contributed by atoms with Crippen LogP contribution in [0.5, 0.6) is 0 Å². The molecule has 7 nitrogen and oxygen atoms in total. The molecule has 3 aromatic rings. The lowest BCUT2D eigenvalue weighted by Gasteiger charge is -2.14. The van der Waals surface area contributed by atoms with Gasteiger partial charge in [0, 0.05) is 5.69 Å². The second-order valence-electron chi connectivity index (χ2n) is 5.64. The number of nitrogen functional groups attached to an aromatic ring is 1. The molecule has 0 unspecified atom stereocenters. The second kappa shape index (κ2) is 7.52. The van der Waals surface area contributed by atoms with Gasteiger partial charge in [-0.3, -0.25) is 0 Å². The van der Waals surface area contributed by atoms with Gasteiger partial charge >= 0.3 is 5.97 Å². The number of carbonyl (C=O) groups excluding carboxylic acids is 1. The number of carbonyl (C=O) groups is 1. The Labute approximate surface area is 151 Å². The number of nitrogens with zero attached hydrogens (tertiary/aromatic N) is 2. The topological polar surface area (TPSA) is 102 Å². The fourth-order valence-corrected chi connectivity index (χ4v) is 2.46. The molecule has 0 aliphatic heterocycles. The van der Waals surface area contributed by atoms with Crippen molar-refractivity contribution in [3.05, 3.63) is 66.0 Å². The summed E-state index contributed by atoms with van der Waals surface area (Å²) < 4.78 is 4.80. The fraction of sp³-hybridized carbons (Fsp3) is 0.105. The number of aryl methyl sites for hydroxylation is 1. The predicted molar refractivity (Wildman–Crippen MR) is 102 cm³/mol. The van der Waals surface area contributed by atoms with Gasteiger partial charge in [0.1, 0.15) is 12.0 Å². The second-order valence-corrected chi connectivity index (χ2v) is 5.64. The van der Waals surface area contributed by atoms with Crippen molar-refractivity contribution in [2.75, 3.05) is 23.5 Å². The van der Waals surface area contributed by atoms with Crippen LogP contribution in [0, 0.1) is 6.92 Å². The Morgan fingerprint density at radius 3 is 2.50 bits per heavy atom. The summed E-state index contributed by atoms with van der Waals surface area (Å²) in [5.41, 5.74) is 9.48. The van der Waals surface area contributed by atoms with Crippen molar-refractivity contribution in [2.24, 2.45) is 0 Å². The molecule has 4 N–H and O–H groups in total. The van der Waals surface area contributed by atoms with Crippen LogP contribution in [0.3, 0.4) is 0 Å². The van der Waals surface area contributed by atoms with Gasteiger partial charge in [-0.2, -0.15) is 0 Å². The zero-order valence-corrected chi connectivity index (χ0v) is 14.5. The van der Waals surface area contributed by atoms with E-state index in [4.69, 9.17) is 10.5 Å². The van der Waals surface area contributed by atoms with Crippen LogP contribution in [0.15, 0.2) is 54.9 Å². The van der Waals surface area contributed by atoms with Gasteiger partial charge in [-0.25, -0.2) is 14.8 Å². The van der Waals surface area contributed by atoms with Gasteiger partial charge in [0.05, 0.1) is 18.4 Å². The lowest BCUT2D eigenvalue weighted by atomic mass is 10.2. The van der Waals surface area contributed by atoms with Crippen molar-refractivity contribution in [3.8, 4) is 0 Å². The normalized spacial score (nSPS) is 10.2. The van der Waals surface area contributed by atoms with Gasteiger partial charge in [-0.15, -0.1) is 0 Å². The molecule has 0 fully saturated rings. The van der Waals surface area contributed by atoms with Gasteiger partial charge in [-0.1, -0.05) is 24.3 Å². The number of para-hydroxylation sites is 1. The summed E-state index contributed by atoms with van der Waals surface area (Å²) in [6, 6.07) is 14.8. The maximum atomic E-state index is 11.9. The van der Waals surface area contributed by atoms with E-state index in [1.807, 2.05) is 31.2 Å². The number of anilines is 5. The number of esters is 1. The molecule has 0 spiro atoms. The van der Waals surface area contributed by atoms with Crippen molar-refractivity contribution >= 4 is 34.7 Å². The molecule has 26 heavy (non-hydrogen) atoms. The average Bonchev–Trinajstić information content (AvgIpc) is 2.65. The molecule has 0 amide bonds. The molecule has 0 radical (unpaired) electrons. The zero-order chi connectivity index (χ0) is 18.5. The molecular formula is C19H19N5O2. The molecule has 2 aromatic carbocycles. The van der Waals surface area contributed by atoms with Gasteiger partial charge in [0.25, 0.3) is 0 Å². The van der Waals surface area contributed by atoms with Crippen molar-refractivity contribution in [3.63, 3.8) is 0 Å². The van der Waals surface area contributed by atoms with Crippen LogP contribution in [-0.4, -0.2) is 23.0 Å². The summed E-state index contributed by atoms with van der Waals surface area (Å²) in [5.74, 6) is 0.425. The van der Waals surface area contributed by atoms with Crippen LogP contribution < -0.4 is 16.4 Å². The summed E-state index contributed by atoms with van der Waals surface area (Å²) in [5, 5.41) is 6.26. The molecule has 3 rings (SSSR count). The molecule has 0 atom stereocenters. The fourth-order valence-electron chi connectivity index (χ4n) is 2.46. The van der Waals surface area contributed by atoms with Gasteiger partial charge in [0.15, 0.2) is 11.6 Å². The number of benzene rings is 2. The van der Waals surface area contributed by atoms with E-state index in [2.05, 4.69) is 20.6 Å². The SMILES string of the molecule is COC(=O)c1ccccc1Nc1ncnc(Nc2cccc(C)c2)c1N. The number of aromatic nitrogens is 2. The smallest absolute Gasteiger partial charge is 0.339 e. The molecule has 132 valence electrons. The highest BCUT2D eigenvalue weighted by molar-refractivity contribution is 5.97. The first-order valence-electron chi connectivity index (χ1n) is 7.97. The van der Waals surface area contributed by atoms with Gasteiger partial charge in [-0.05, 0) is 36.8 Å². The van der Waals surface area contributed by atoms with Gasteiger partial charge < -0.3 is 21.1 Å². The lowest BCUT2D eigenvalue weighted by molar-refractivity contribution is 0.0602. The minimum Gasteiger partial charge on any atom is -0.465 e. The van der Waals surface area contributed by atoms with E-state index in [9.17, 15) is 4.79 Å². The first-order valence-corrected chi connectivity index (χ1v) is 7.97. The van der Waals surface area contributed by atoms with Crippen molar-refractivity contribution in [1.82, 2.24) is 9.97 Å². The lowest BCUT2D eigenvalue weighted by Crippen LogP contribution is -2.09. The maximum Gasteiger partial charge on any atom is 0.339 e. The van der Waals surface area contributed by atoms with Gasteiger partial charge in [0.2, 0.25) is 0 Å². The van der Waals surface area contributed by atoms with Crippen LogP contribution in [-0.2, 0) is 4.74 Å². The third-order valence-corrected chi connectivity index (χ3v) is 3.75. The highest BCUT2D eigenvalue weighted by Crippen LogP contribution is 2.29. The van der Waals surface area contributed by atoms with E-state index in [1.165, 1.54) is 13.4 Å². The Hall–Kier alpha value is -3.61. The van der Waals surface area contributed by atoms with E-state index in [1.54, 1.807) is 24.3 Å². The summed E-state index contributed by atoms with van der Waals surface area (Å²) >= 11 is 0. The van der Waals surface area contributed by atoms with E-state index in [0.717, 1.165) is 11.3 Å². The first-order chi connectivity index (χ1) is 12.6. The third kappa shape index (κ3) is 3.72. The number of hydrogen-bond donors (Lipinski definition) is 3. The van der Waals surface area contributed by atoms with Crippen molar-refractivity contribution in [2.45, 2.75) is 6.92 Å². The standard InChI is InChI=1S/C19H19N5O2/c1-12-6-5-7-13(10-12)23-17-16(20)18(22-11-21-17)24-15-9-4-3-8-14(15)19(25)26-2/h3-11H,20H2,1-2H3,(H2,21,22,23,24). The molecular weight excluding hydrogens is 330 g/mol. The Morgan fingerprint density at radius 1 is 1.04 bits per heavy atom. The molecule has 0 saturated heterocycles. The van der Waals surface area contributed by atoms with Crippen molar-refractivity contribution < 1.29 is 9.53 Å². The van der Waals surface area contributed by atoms with E-state index < -0.39 is 5.97 Å². The molecule has 0 bridgehead atoms. The molecule has 0 aliphatic rings. The van der Waals surface area contributed by atoms with Crippen LogP contribution in [0.25, 0.3) is 0 Å². The summed E-state index contributed by atoms with van der Waals surface area (Å²) in [6.07, 6.45) is 1.40. The number of nitrogens with one attached hydrogen (secondary N) is 2. The number of methoxy groups -OCH3 is 1. The summed E-state index contributed by atoms with van der Waals surface area (Å²) in [7, 11) is 1.34. The minimum absolute atomic E-state index is 0.341.